The maximum absolute atomic E-state index is 7.90. The van der Waals surface area contributed by atoms with Crippen LogP contribution in [0.2, 0.25) is 0 Å². The van der Waals surface area contributed by atoms with E-state index in [9.17, 15) is 0 Å². The minimum absolute atomic E-state index is 0.375. The van der Waals surface area contributed by atoms with Crippen LogP contribution in [0.3, 0.4) is 0 Å². The molecule has 31 heavy (non-hydrogen) atoms. The second-order valence-corrected chi connectivity index (χ2v) is 8.96. The molecule has 5 rings (SSSR count). The third-order valence-corrected chi connectivity index (χ3v) is 7.04. The SMILES string of the molecule is CCC1CN(C=N)c2cnc(Nc3ccc(N4CCCC4)cc3)nc2N1C1CCCC1. The largest absolute Gasteiger partial charge is 0.372 e. The molecule has 0 spiro atoms. The van der Waals surface area contributed by atoms with Crippen LogP contribution in [0, 0.1) is 5.41 Å². The number of nitrogens with zero attached hydrogens (tertiary/aromatic N) is 5. The van der Waals surface area contributed by atoms with Crippen LogP contribution in [0.1, 0.15) is 51.9 Å². The maximum atomic E-state index is 7.90. The van der Waals surface area contributed by atoms with Gasteiger partial charge < -0.3 is 20.0 Å². The normalized spacial score (nSPS) is 21.5. The Morgan fingerprint density at radius 3 is 2.52 bits per heavy atom. The summed E-state index contributed by atoms with van der Waals surface area (Å²) in [6, 6.07) is 9.51. The van der Waals surface area contributed by atoms with E-state index in [1.54, 1.807) is 0 Å². The van der Waals surface area contributed by atoms with Crippen molar-refractivity contribution in [3.63, 3.8) is 0 Å². The molecule has 7 nitrogen and oxygen atoms in total. The molecule has 2 N–H and O–H groups in total. The van der Waals surface area contributed by atoms with Gasteiger partial charge in [0.15, 0.2) is 5.82 Å². The van der Waals surface area contributed by atoms with Crippen LogP contribution in [0.4, 0.5) is 28.8 Å². The molecule has 0 amide bonds. The first-order valence-electron chi connectivity index (χ1n) is 11.8. The molecule has 164 valence electrons. The molecule has 7 heteroatoms. The fraction of sp³-hybridized carbons (Fsp3) is 0.542. The smallest absolute Gasteiger partial charge is 0.229 e. The molecule has 2 aliphatic heterocycles. The van der Waals surface area contributed by atoms with Crippen molar-refractivity contribution in [1.29, 1.82) is 5.41 Å². The molecule has 3 aliphatic rings. The molecule has 1 aromatic carbocycles. The monoisotopic (exact) mass is 419 g/mol. The van der Waals surface area contributed by atoms with Crippen LogP contribution in [-0.2, 0) is 0 Å². The van der Waals surface area contributed by atoms with Gasteiger partial charge >= 0.3 is 0 Å². The lowest BCUT2D eigenvalue weighted by Gasteiger charge is -2.44. The van der Waals surface area contributed by atoms with Crippen molar-refractivity contribution in [3.8, 4) is 0 Å². The number of hydrogen-bond donors (Lipinski definition) is 2. The maximum Gasteiger partial charge on any atom is 0.229 e. The number of nitrogens with one attached hydrogen (secondary N) is 2. The molecule has 1 saturated carbocycles. The highest BCUT2D eigenvalue weighted by Crippen LogP contribution is 2.39. The van der Waals surface area contributed by atoms with Gasteiger partial charge in [0.1, 0.15) is 5.69 Å². The Balaban J connectivity index is 1.42. The van der Waals surface area contributed by atoms with Gasteiger partial charge in [-0.2, -0.15) is 4.98 Å². The summed E-state index contributed by atoms with van der Waals surface area (Å²) in [5.74, 6) is 1.59. The van der Waals surface area contributed by atoms with E-state index >= 15 is 0 Å². The van der Waals surface area contributed by atoms with Crippen molar-refractivity contribution in [2.45, 2.75) is 64.0 Å². The Kier molecular flexibility index (Phi) is 5.66. The first kappa shape index (κ1) is 20.1. The first-order valence-corrected chi connectivity index (χ1v) is 11.8. The van der Waals surface area contributed by atoms with E-state index in [0.717, 1.165) is 43.2 Å². The van der Waals surface area contributed by atoms with Gasteiger partial charge in [-0.15, -0.1) is 0 Å². The third-order valence-electron chi connectivity index (χ3n) is 7.04. The molecule has 1 atom stereocenters. The first-order chi connectivity index (χ1) is 15.3. The predicted octanol–water partition coefficient (Wildman–Crippen LogP) is 4.78. The molecular formula is C24H33N7. The van der Waals surface area contributed by atoms with Gasteiger partial charge in [-0.25, -0.2) is 4.98 Å². The van der Waals surface area contributed by atoms with Crippen molar-refractivity contribution < 1.29 is 0 Å². The molecule has 2 aromatic rings. The van der Waals surface area contributed by atoms with Crippen LogP contribution in [0.25, 0.3) is 0 Å². The number of benzene rings is 1. The van der Waals surface area contributed by atoms with Crippen molar-refractivity contribution in [3.05, 3.63) is 30.5 Å². The zero-order valence-corrected chi connectivity index (χ0v) is 18.4. The number of rotatable bonds is 6. The average Bonchev–Trinajstić information content (AvgIpc) is 3.53. The Labute approximate surface area is 185 Å². The summed E-state index contributed by atoms with van der Waals surface area (Å²) >= 11 is 0. The lowest BCUT2D eigenvalue weighted by Crippen LogP contribution is -2.52. The second kappa shape index (κ2) is 8.73. The van der Waals surface area contributed by atoms with Gasteiger partial charge in [0.05, 0.1) is 12.5 Å². The summed E-state index contributed by atoms with van der Waals surface area (Å²) < 4.78 is 0. The van der Waals surface area contributed by atoms with Crippen LogP contribution in [0.15, 0.2) is 30.5 Å². The van der Waals surface area contributed by atoms with Crippen molar-refractivity contribution in [2.24, 2.45) is 0 Å². The van der Waals surface area contributed by atoms with Crippen LogP contribution in [-0.4, -0.2) is 48.0 Å². The average molecular weight is 420 g/mol. The number of hydrogen-bond acceptors (Lipinski definition) is 6. The van der Waals surface area contributed by atoms with Gasteiger partial charge in [0.2, 0.25) is 5.95 Å². The lowest BCUT2D eigenvalue weighted by atomic mass is 10.0. The summed E-state index contributed by atoms with van der Waals surface area (Å²) in [7, 11) is 0. The summed E-state index contributed by atoms with van der Waals surface area (Å²) in [5, 5.41) is 11.3. The van der Waals surface area contributed by atoms with Gasteiger partial charge in [0, 0.05) is 43.1 Å². The standard InChI is InChI=1S/C24H33N7/c1-2-19-16-30(17-25)22-15-26-24(28-23(22)31(19)21-7-3-4-8-21)27-18-9-11-20(12-10-18)29-13-5-6-14-29/h9-12,15,17,19,21,25H,2-8,13-14,16H2,1H3,(H,26,27,28). The van der Waals surface area contributed by atoms with Gasteiger partial charge in [-0.05, 0) is 56.4 Å². The van der Waals surface area contributed by atoms with E-state index in [1.807, 2.05) is 11.1 Å². The molecule has 0 radical (unpaired) electrons. The Bertz CT molecular complexity index is 901. The van der Waals surface area contributed by atoms with E-state index in [0.29, 0.717) is 18.0 Å². The van der Waals surface area contributed by atoms with Crippen molar-refractivity contribution in [1.82, 2.24) is 9.97 Å². The van der Waals surface area contributed by atoms with E-state index in [2.05, 4.69) is 51.3 Å². The van der Waals surface area contributed by atoms with Gasteiger partial charge in [-0.3, -0.25) is 5.41 Å². The predicted molar refractivity (Wildman–Crippen MR) is 128 cm³/mol. The topological polar surface area (TPSA) is 71.4 Å². The minimum Gasteiger partial charge on any atom is -0.372 e. The number of aromatic nitrogens is 2. The second-order valence-electron chi connectivity index (χ2n) is 8.96. The third kappa shape index (κ3) is 3.93. The summed E-state index contributed by atoms with van der Waals surface area (Å²) in [5.41, 5.74) is 3.23. The summed E-state index contributed by atoms with van der Waals surface area (Å²) in [4.78, 5) is 16.5. The lowest BCUT2D eigenvalue weighted by molar-refractivity contribution is 0.483. The quantitative estimate of drug-likeness (QED) is 0.519. The zero-order valence-electron chi connectivity index (χ0n) is 18.4. The fourth-order valence-electron chi connectivity index (χ4n) is 5.37. The molecule has 3 heterocycles. The molecule has 0 bridgehead atoms. The van der Waals surface area contributed by atoms with Crippen LogP contribution < -0.4 is 20.0 Å². The van der Waals surface area contributed by atoms with Crippen molar-refractivity contribution >= 4 is 35.2 Å². The molecule has 1 aromatic heterocycles. The highest BCUT2D eigenvalue weighted by molar-refractivity contribution is 5.86. The number of anilines is 5. The molecule has 2 fully saturated rings. The summed E-state index contributed by atoms with van der Waals surface area (Å²) in [6.45, 7) is 5.37. The highest BCUT2D eigenvalue weighted by Gasteiger charge is 2.36. The molecule has 1 saturated heterocycles. The molecule has 1 unspecified atom stereocenters. The molecule has 1 aliphatic carbocycles. The summed E-state index contributed by atoms with van der Waals surface area (Å²) in [6.07, 6.45) is 11.9. The van der Waals surface area contributed by atoms with Crippen molar-refractivity contribution in [2.75, 3.05) is 39.7 Å². The van der Waals surface area contributed by atoms with Crippen LogP contribution in [0.5, 0.6) is 0 Å². The number of fused-ring (bicyclic) bond motifs is 1. The molecular weight excluding hydrogens is 386 g/mol. The van der Waals surface area contributed by atoms with Gasteiger partial charge in [-0.1, -0.05) is 19.8 Å². The fourth-order valence-corrected chi connectivity index (χ4v) is 5.37. The van der Waals surface area contributed by atoms with E-state index in [4.69, 9.17) is 10.4 Å². The van der Waals surface area contributed by atoms with Gasteiger partial charge in [0.25, 0.3) is 0 Å². The van der Waals surface area contributed by atoms with E-state index in [-0.39, 0.29) is 0 Å². The van der Waals surface area contributed by atoms with E-state index in [1.165, 1.54) is 50.6 Å². The minimum atomic E-state index is 0.375. The Hall–Kier alpha value is -2.83. The van der Waals surface area contributed by atoms with Crippen LogP contribution >= 0.6 is 0 Å². The Morgan fingerprint density at radius 1 is 1.10 bits per heavy atom. The Morgan fingerprint density at radius 2 is 1.84 bits per heavy atom. The highest BCUT2D eigenvalue weighted by atomic mass is 15.4. The van der Waals surface area contributed by atoms with E-state index < -0.39 is 0 Å². The zero-order chi connectivity index (χ0) is 21.2.